The Kier molecular flexibility index (Phi) is 3.52. The summed E-state index contributed by atoms with van der Waals surface area (Å²) in [6.07, 6.45) is 4.29. The standard InChI is InChI=1S/C24H29N3O2/c1-23(2,3)19-17-15-12-13-16(18(17)20(19)24(4,5)6)27-22(29)25(21(28)26(15)27)14-10-8-7-9-11-14/h7-13,15-18H,1-6H3/t15-,16-,17+,18+/m1/s1. The topological polar surface area (TPSA) is 48.9 Å². The number of nitrogens with zero attached hydrogens (tertiary/aromatic N) is 3. The highest BCUT2D eigenvalue weighted by atomic mass is 16.2. The molecule has 1 aromatic heterocycles. The Balaban J connectivity index is 1.75. The molecule has 0 spiro atoms. The lowest BCUT2D eigenvalue weighted by atomic mass is 9.49. The van der Waals surface area contributed by atoms with Crippen molar-refractivity contribution in [1.82, 2.24) is 13.9 Å². The minimum absolute atomic E-state index is 0.0336. The first kappa shape index (κ1) is 18.5. The summed E-state index contributed by atoms with van der Waals surface area (Å²) in [6, 6.07) is 9.04. The molecule has 0 radical (unpaired) electrons. The van der Waals surface area contributed by atoms with Crippen molar-refractivity contribution >= 4 is 0 Å². The van der Waals surface area contributed by atoms with E-state index < -0.39 is 0 Å². The van der Waals surface area contributed by atoms with Crippen molar-refractivity contribution in [3.05, 3.63) is 74.6 Å². The maximum Gasteiger partial charge on any atom is 0.352 e. The maximum atomic E-state index is 13.4. The molecule has 152 valence electrons. The Bertz CT molecular complexity index is 1100. The van der Waals surface area contributed by atoms with Crippen LogP contribution < -0.4 is 11.4 Å². The van der Waals surface area contributed by atoms with Crippen molar-refractivity contribution in [2.45, 2.75) is 53.6 Å². The zero-order valence-electron chi connectivity index (χ0n) is 18.0. The van der Waals surface area contributed by atoms with E-state index >= 15 is 0 Å². The molecular weight excluding hydrogens is 362 g/mol. The fourth-order valence-electron chi connectivity index (χ4n) is 5.94. The van der Waals surface area contributed by atoms with Crippen LogP contribution in [0.15, 0.2) is 63.2 Å². The Labute approximate surface area is 171 Å². The van der Waals surface area contributed by atoms with E-state index in [0.717, 1.165) is 0 Å². The van der Waals surface area contributed by atoms with E-state index in [2.05, 4.69) is 53.7 Å². The third-order valence-electron chi connectivity index (χ3n) is 6.79. The molecule has 4 atom stereocenters. The maximum absolute atomic E-state index is 13.4. The molecule has 0 amide bonds. The van der Waals surface area contributed by atoms with Gasteiger partial charge >= 0.3 is 11.4 Å². The van der Waals surface area contributed by atoms with Gasteiger partial charge < -0.3 is 0 Å². The van der Waals surface area contributed by atoms with Crippen molar-refractivity contribution in [3.8, 4) is 5.69 Å². The van der Waals surface area contributed by atoms with Gasteiger partial charge in [-0.2, -0.15) is 0 Å². The van der Waals surface area contributed by atoms with Crippen molar-refractivity contribution in [1.29, 1.82) is 0 Å². The summed E-state index contributed by atoms with van der Waals surface area (Å²) in [7, 11) is 0. The minimum Gasteiger partial charge on any atom is -0.245 e. The van der Waals surface area contributed by atoms with E-state index in [1.165, 1.54) is 15.7 Å². The first-order chi connectivity index (χ1) is 13.5. The number of aromatic nitrogens is 3. The second-order valence-electron chi connectivity index (χ2n) is 10.7. The molecule has 1 aromatic carbocycles. The van der Waals surface area contributed by atoms with E-state index in [0.29, 0.717) is 5.69 Å². The average molecular weight is 392 g/mol. The lowest BCUT2D eigenvalue weighted by Crippen LogP contribution is -2.57. The lowest BCUT2D eigenvalue weighted by Gasteiger charge is -2.60. The van der Waals surface area contributed by atoms with E-state index in [4.69, 9.17) is 0 Å². The van der Waals surface area contributed by atoms with Gasteiger partial charge in [0.1, 0.15) is 0 Å². The van der Waals surface area contributed by atoms with Gasteiger partial charge in [-0.3, -0.25) is 0 Å². The third-order valence-corrected chi connectivity index (χ3v) is 6.79. The van der Waals surface area contributed by atoms with Crippen molar-refractivity contribution in [2.24, 2.45) is 22.7 Å². The number of benzene rings is 1. The Morgan fingerprint density at radius 1 is 0.690 bits per heavy atom. The molecule has 2 bridgehead atoms. The van der Waals surface area contributed by atoms with Gasteiger partial charge in [0.05, 0.1) is 17.8 Å². The number of para-hydroxylation sites is 1. The Hall–Kier alpha value is -2.56. The highest BCUT2D eigenvalue weighted by Crippen LogP contribution is 2.65. The van der Waals surface area contributed by atoms with Crippen LogP contribution in [-0.2, 0) is 0 Å². The Morgan fingerprint density at radius 2 is 1.10 bits per heavy atom. The normalized spacial score (nSPS) is 27.7. The van der Waals surface area contributed by atoms with Gasteiger partial charge in [-0.05, 0) is 23.0 Å². The molecule has 0 saturated carbocycles. The van der Waals surface area contributed by atoms with Gasteiger partial charge in [-0.25, -0.2) is 23.5 Å². The zero-order valence-corrected chi connectivity index (χ0v) is 18.0. The van der Waals surface area contributed by atoms with Crippen LogP contribution in [0.3, 0.4) is 0 Å². The smallest absolute Gasteiger partial charge is 0.245 e. The molecule has 29 heavy (non-hydrogen) atoms. The van der Waals surface area contributed by atoms with Crippen LogP contribution in [0.25, 0.3) is 5.69 Å². The molecular formula is C24H29N3O2. The molecule has 0 unspecified atom stereocenters. The predicted molar refractivity (Wildman–Crippen MR) is 114 cm³/mol. The van der Waals surface area contributed by atoms with Gasteiger partial charge in [0.15, 0.2) is 0 Å². The Morgan fingerprint density at radius 3 is 1.48 bits per heavy atom. The number of hydrogen-bond donors (Lipinski definition) is 0. The highest BCUT2D eigenvalue weighted by molar-refractivity contribution is 5.46. The SMILES string of the molecule is CC(C)(C)C1=C(C(C)(C)C)[C@@H]2[C@@H]1[C@H]1C=C[C@H]2n2c(=O)n(-c3ccccc3)c(=O)n21. The number of allylic oxidation sites excluding steroid dienone is 4. The van der Waals surface area contributed by atoms with E-state index in [1.807, 2.05) is 30.3 Å². The average Bonchev–Trinajstić information content (AvgIpc) is 2.86. The van der Waals surface area contributed by atoms with Crippen LogP contribution in [0.4, 0.5) is 0 Å². The van der Waals surface area contributed by atoms with Crippen LogP contribution in [0.2, 0.25) is 0 Å². The van der Waals surface area contributed by atoms with E-state index in [1.54, 1.807) is 9.36 Å². The first-order valence-electron chi connectivity index (χ1n) is 10.5. The summed E-state index contributed by atoms with van der Waals surface area (Å²) in [6.45, 7) is 13.6. The summed E-state index contributed by atoms with van der Waals surface area (Å²) in [5.74, 6) is 0.561. The van der Waals surface area contributed by atoms with Gasteiger partial charge in [-0.15, -0.1) is 0 Å². The molecule has 0 N–H and O–H groups in total. The third kappa shape index (κ3) is 2.27. The van der Waals surface area contributed by atoms with Crippen molar-refractivity contribution in [2.75, 3.05) is 0 Å². The van der Waals surface area contributed by atoms with Gasteiger partial charge in [0.2, 0.25) is 0 Å². The highest BCUT2D eigenvalue weighted by Gasteiger charge is 2.59. The summed E-state index contributed by atoms with van der Waals surface area (Å²) in [5, 5.41) is 0. The van der Waals surface area contributed by atoms with Crippen LogP contribution in [0.1, 0.15) is 53.6 Å². The summed E-state index contributed by atoms with van der Waals surface area (Å²) in [4.78, 5) is 26.8. The van der Waals surface area contributed by atoms with Crippen LogP contribution >= 0.6 is 0 Å². The molecule has 2 aliphatic carbocycles. The minimum atomic E-state index is -0.239. The number of rotatable bonds is 1. The van der Waals surface area contributed by atoms with Crippen LogP contribution in [0, 0.1) is 22.7 Å². The molecule has 6 rings (SSSR count). The summed E-state index contributed by atoms with van der Waals surface area (Å²) >= 11 is 0. The quantitative estimate of drug-likeness (QED) is 0.687. The summed E-state index contributed by atoms with van der Waals surface area (Å²) < 4.78 is 4.75. The van der Waals surface area contributed by atoms with Crippen molar-refractivity contribution in [3.63, 3.8) is 0 Å². The molecule has 5 nitrogen and oxygen atoms in total. The zero-order chi connectivity index (χ0) is 20.9. The molecule has 5 heteroatoms. The van der Waals surface area contributed by atoms with Crippen LogP contribution in [0.5, 0.6) is 0 Å². The van der Waals surface area contributed by atoms with Crippen LogP contribution in [-0.4, -0.2) is 13.9 Å². The van der Waals surface area contributed by atoms with Gasteiger partial charge in [-0.1, -0.05) is 83.0 Å². The molecule has 0 saturated heterocycles. The fraction of sp³-hybridized carbons (Fsp3) is 0.500. The second kappa shape index (κ2) is 5.53. The lowest BCUT2D eigenvalue weighted by molar-refractivity contribution is 0.0738. The predicted octanol–water partition coefficient (Wildman–Crippen LogP) is 4.10. The second-order valence-corrected chi connectivity index (χ2v) is 10.7. The molecule has 4 aliphatic rings. The monoisotopic (exact) mass is 391 g/mol. The van der Waals surface area contributed by atoms with Crippen molar-refractivity contribution < 1.29 is 0 Å². The van der Waals surface area contributed by atoms with E-state index in [-0.39, 0.29) is 46.1 Å². The fourth-order valence-corrected chi connectivity index (χ4v) is 5.94. The van der Waals surface area contributed by atoms with Gasteiger partial charge in [0, 0.05) is 11.8 Å². The molecule has 2 aromatic rings. The largest absolute Gasteiger partial charge is 0.352 e. The first-order valence-corrected chi connectivity index (χ1v) is 10.5. The molecule has 3 heterocycles. The molecule has 2 aliphatic heterocycles. The summed E-state index contributed by atoms with van der Waals surface area (Å²) in [5.41, 5.74) is 3.15. The van der Waals surface area contributed by atoms with E-state index in [9.17, 15) is 9.59 Å². The molecule has 0 fully saturated rings. The van der Waals surface area contributed by atoms with Gasteiger partial charge in [0.25, 0.3) is 0 Å². The number of hydrogen-bond acceptors (Lipinski definition) is 2.